The van der Waals surface area contributed by atoms with Crippen molar-refractivity contribution in [3.63, 3.8) is 0 Å². The first kappa shape index (κ1) is 9.74. The molecule has 0 spiro atoms. The maximum absolute atomic E-state index is 10.5. The molecule has 1 rings (SSSR count). The van der Waals surface area contributed by atoms with Gasteiger partial charge in [-0.25, -0.2) is 4.79 Å². The molecule has 0 radical (unpaired) electrons. The molecule has 4 N–H and O–H groups in total. The van der Waals surface area contributed by atoms with Crippen molar-refractivity contribution in [1.82, 2.24) is 0 Å². The third kappa shape index (κ3) is 1.69. The monoisotopic (exact) mass is 189 g/mol. The molecule has 0 aliphatic rings. The molecule has 1 aromatic carbocycles. The van der Waals surface area contributed by atoms with Crippen LogP contribution in [0.3, 0.4) is 0 Å². The third-order valence-electron chi connectivity index (χ3n) is 1.66. The second kappa shape index (κ2) is 3.58. The van der Waals surface area contributed by atoms with Crippen LogP contribution in [0.25, 0.3) is 0 Å². The van der Waals surface area contributed by atoms with Crippen LogP contribution in [-0.4, -0.2) is 16.8 Å². The molecular weight excluding hydrogens is 182 g/mol. The van der Waals surface area contributed by atoms with E-state index in [0.717, 1.165) is 0 Å². The highest BCUT2D eigenvalue weighted by molar-refractivity contribution is 6.42. The molecule has 0 amide bonds. The topological polar surface area (TPSA) is 111 Å². The highest BCUT2D eigenvalue weighted by atomic mass is 16.4. The Kier molecular flexibility index (Phi) is 2.49. The number of nitriles is 1. The zero-order valence-corrected chi connectivity index (χ0v) is 7.11. The minimum Gasteiger partial charge on any atom is -0.477 e. The van der Waals surface area contributed by atoms with Gasteiger partial charge in [-0.2, -0.15) is 5.26 Å². The normalized spacial score (nSPS) is 9.07. The van der Waals surface area contributed by atoms with Gasteiger partial charge in [0.2, 0.25) is 0 Å². The Hall–Kier alpha value is -2.35. The fraction of sp³-hybridized carbons (Fsp3) is 0. The van der Waals surface area contributed by atoms with Crippen molar-refractivity contribution in [1.29, 1.82) is 10.7 Å². The minimum atomic E-state index is -1.35. The van der Waals surface area contributed by atoms with E-state index in [-0.39, 0.29) is 11.3 Å². The van der Waals surface area contributed by atoms with E-state index in [0.29, 0.717) is 5.56 Å². The Balaban J connectivity index is 3.20. The standard InChI is InChI=1S/C9H7N3O2/c10-4-5-1-2-6(7(11)3-5)8(12)9(13)14/h1-3,12H,11H2,(H,13,14). The predicted octanol–water partition coefficient (Wildman–Crippen LogP) is 0.593. The van der Waals surface area contributed by atoms with Gasteiger partial charge < -0.3 is 10.8 Å². The Morgan fingerprint density at radius 3 is 2.64 bits per heavy atom. The van der Waals surface area contributed by atoms with Gasteiger partial charge in [-0.3, -0.25) is 5.41 Å². The Morgan fingerprint density at radius 2 is 2.21 bits per heavy atom. The minimum absolute atomic E-state index is 0.122. The number of carboxylic acid groups (broad SMARTS) is 1. The first-order valence-electron chi connectivity index (χ1n) is 3.68. The molecule has 1 aromatic rings. The number of nitrogens with two attached hydrogens (primary N) is 1. The number of benzene rings is 1. The van der Waals surface area contributed by atoms with Gasteiger partial charge in [-0.1, -0.05) is 0 Å². The summed E-state index contributed by atoms with van der Waals surface area (Å²) in [6.45, 7) is 0. The van der Waals surface area contributed by atoms with E-state index >= 15 is 0 Å². The summed E-state index contributed by atoms with van der Waals surface area (Å²) in [5, 5.41) is 24.3. The average Bonchev–Trinajstić information content (AvgIpc) is 2.16. The number of carboxylic acids is 1. The van der Waals surface area contributed by atoms with E-state index in [4.69, 9.17) is 21.5 Å². The molecule has 5 heteroatoms. The van der Waals surface area contributed by atoms with Crippen LogP contribution in [0.5, 0.6) is 0 Å². The summed E-state index contributed by atoms with van der Waals surface area (Å²) in [7, 11) is 0. The largest absolute Gasteiger partial charge is 0.477 e. The lowest BCUT2D eigenvalue weighted by Crippen LogP contribution is -2.14. The van der Waals surface area contributed by atoms with Crippen LogP contribution in [0.1, 0.15) is 11.1 Å². The second-order valence-corrected chi connectivity index (χ2v) is 2.59. The van der Waals surface area contributed by atoms with Crippen LogP contribution in [0.4, 0.5) is 5.69 Å². The molecule has 0 aliphatic heterocycles. The number of nitrogens with zero attached hydrogens (tertiary/aromatic N) is 1. The predicted molar refractivity (Wildman–Crippen MR) is 50.0 cm³/mol. The second-order valence-electron chi connectivity index (χ2n) is 2.59. The fourth-order valence-corrected chi connectivity index (χ4v) is 0.975. The maximum Gasteiger partial charge on any atom is 0.354 e. The lowest BCUT2D eigenvalue weighted by atomic mass is 10.1. The smallest absolute Gasteiger partial charge is 0.354 e. The van der Waals surface area contributed by atoms with E-state index in [1.165, 1.54) is 18.2 Å². The van der Waals surface area contributed by atoms with Gasteiger partial charge in [-0.05, 0) is 18.2 Å². The SMILES string of the molecule is N#Cc1ccc(C(=N)C(=O)O)c(N)c1. The first-order valence-corrected chi connectivity index (χ1v) is 3.68. The van der Waals surface area contributed by atoms with Crippen LogP contribution in [0.15, 0.2) is 18.2 Å². The summed E-state index contributed by atoms with van der Waals surface area (Å²) in [6, 6.07) is 5.98. The van der Waals surface area contributed by atoms with E-state index in [9.17, 15) is 4.79 Å². The molecule has 0 atom stereocenters. The molecule has 0 bridgehead atoms. The molecule has 0 aromatic heterocycles. The van der Waals surface area contributed by atoms with Crippen LogP contribution in [0, 0.1) is 16.7 Å². The number of anilines is 1. The Labute approximate surface area is 79.9 Å². The molecule has 70 valence electrons. The van der Waals surface area contributed by atoms with E-state index in [2.05, 4.69) is 0 Å². The van der Waals surface area contributed by atoms with Crippen LogP contribution in [-0.2, 0) is 4.79 Å². The van der Waals surface area contributed by atoms with Crippen molar-refractivity contribution in [2.45, 2.75) is 0 Å². The highest BCUT2D eigenvalue weighted by Crippen LogP contribution is 2.14. The van der Waals surface area contributed by atoms with Gasteiger partial charge in [0, 0.05) is 11.3 Å². The van der Waals surface area contributed by atoms with Crippen molar-refractivity contribution in [2.24, 2.45) is 0 Å². The number of hydrogen-bond acceptors (Lipinski definition) is 4. The number of aliphatic carboxylic acids is 1. The fourth-order valence-electron chi connectivity index (χ4n) is 0.975. The highest BCUT2D eigenvalue weighted by Gasteiger charge is 2.12. The molecule has 0 fully saturated rings. The van der Waals surface area contributed by atoms with Crippen molar-refractivity contribution >= 4 is 17.4 Å². The molecule has 5 nitrogen and oxygen atoms in total. The molecule has 0 heterocycles. The van der Waals surface area contributed by atoms with Gasteiger partial charge in [0.1, 0.15) is 5.71 Å². The lowest BCUT2D eigenvalue weighted by Gasteiger charge is -2.03. The van der Waals surface area contributed by atoms with Crippen molar-refractivity contribution < 1.29 is 9.90 Å². The van der Waals surface area contributed by atoms with E-state index < -0.39 is 11.7 Å². The summed E-state index contributed by atoms with van der Waals surface area (Å²) < 4.78 is 0. The molecule has 0 saturated heterocycles. The number of hydrogen-bond donors (Lipinski definition) is 3. The number of nitrogens with one attached hydrogen (secondary N) is 1. The molecule has 0 saturated carbocycles. The quantitative estimate of drug-likeness (QED) is 0.467. The van der Waals surface area contributed by atoms with Crippen LogP contribution >= 0.6 is 0 Å². The third-order valence-corrected chi connectivity index (χ3v) is 1.66. The van der Waals surface area contributed by atoms with Crippen LogP contribution in [0.2, 0.25) is 0 Å². The van der Waals surface area contributed by atoms with Gasteiger partial charge >= 0.3 is 5.97 Å². The van der Waals surface area contributed by atoms with Gasteiger partial charge in [0.25, 0.3) is 0 Å². The maximum atomic E-state index is 10.5. The number of nitrogen functional groups attached to an aromatic ring is 1. The molecule has 14 heavy (non-hydrogen) atoms. The Morgan fingerprint density at radius 1 is 1.57 bits per heavy atom. The molecular formula is C9H7N3O2. The summed E-state index contributed by atoms with van der Waals surface area (Å²) >= 11 is 0. The molecule has 0 unspecified atom stereocenters. The van der Waals surface area contributed by atoms with Gasteiger partial charge in [0.15, 0.2) is 0 Å². The summed E-state index contributed by atoms with van der Waals surface area (Å²) in [5.41, 5.74) is 5.48. The first-order chi connectivity index (χ1) is 6.56. The van der Waals surface area contributed by atoms with Crippen molar-refractivity contribution in [3.8, 4) is 6.07 Å². The van der Waals surface area contributed by atoms with E-state index in [1.54, 1.807) is 0 Å². The summed E-state index contributed by atoms with van der Waals surface area (Å²) in [6.07, 6.45) is 0. The lowest BCUT2D eigenvalue weighted by molar-refractivity contribution is -0.129. The van der Waals surface area contributed by atoms with Crippen LogP contribution < -0.4 is 5.73 Å². The number of rotatable bonds is 2. The van der Waals surface area contributed by atoms with Crippen molar-refractivity contribution in [2.75, 3.05) is 5.73 Å². The Bertz CT molecular complexity index is 446. The van der Waals surface area contributed by atoms with Crippen molar-refractivity contribution in [3.05, 3.63) is 29.3 Å². The number of carbonyl (C=O) groups is 1. The average molecular weight is 189 g/mol. The summed E-state index contributed by atoms with van der Waals surface area (Å²) in [5.74, 6) is -1.35. The molecule has 0 aliphatic carbocycles. The van der Waals surface area contributed by atoms with Gasteiger partial charge in [-0.15, -0.1) is 0 Å². The zero-order chi connectivity index (χ0) is 10.7. The van der Waals surface area contributed by atoms with Gasteiger partial charge in [0.05, 0.1) is 11.6 Å². The summed E-state index contributed by atoms with van der Waals surface area (Å²) in [4.78, 5) is 10.5. The van der Waals surface area contributed by atoms with E-state index in [1.807, 2.05) is 6.07 Å². The zero-order valence-electron chi connectivity index (χ0n) is 7.11.